The minimum Gasteiger partial charge on any atom is -0.366 e. The maximum Gasteiger partial charge on any atom is 0.107 e. The zero-order valence-corrected chi connectivity index (χ0v) is 23.9. The SMILES string of the molecule is CC1/C=C\C=N/CSC(C2=CC=CC(C3N(C)c4c(ccc5ccccc45)C(c4ccccc4)N3C)N2C)N1. The fourth-order valence-corrected chi connectivity index (χ4v) is 7.44. The first-order chi connectivity index (χ1) is 19.0. The molecule has 6 heteroatoms. The van der Waals surface area contributed by atoms with Crippen LogP contribution in [-0.2, 0) is 0 Å². The van der Waals surface area contributed by atoms with Crippen molar-refractivity contribution < 1.29 is 0 Å². The molecule has 0 radical (unpaired) electrons. The third-order valence-corrected chi connectivity index (χ3v) is 9.25. The van der Waals surface area contributed by atoms with Crippen molar-refractivity contribution in [2.45, 2.75) is 36.6 Å². The zero-order valence-electron chi connectivity index (χ0n) is 23.1. The second-order valence-electron chi connectivity index (χ2n) is 10.7. The van der Waals surface area contributed by atoms with Crippen molar-refractivity contribution >= 4 is 34.4 Å². The standard InChI is InChI=1S/C33H37N5S/c1-23-12-11-21-34-22-39-32(35-23)28-17-10-18-29(36(28)2)33-37(3)30(25-14-6-5-7-15-25)27-20-19-24-13-8-9-16-26(24)31(27)38(33)4/h5-21,23,29-30,32-33,35H,22H2,1-4H3/b12-11-,34-21-. The minimum absolute atomic E-state index is 0.120. The molecule has 5 unspecified atom stereocenters. The van der Waals surface area contributed by atoms with Crippen molar-refractivity contribution in [1.29, 1.82) is 0 Å². The van der Waals surface area contributed by atoms with Gasteiger partial charge in [-0.25, -0.2) is 0 Å². The van der Waals surface area contributed by atoms with Gasteiger partial charge >= 0.3 is 0 Å². The number of rotatable bonds is 3. The highest BCUT2D eigenvalue weighted by Gasteiger charge is 2.43. The molecule has 0 fully saturated rings. The van der Waals surface area contributed by atoms with Gasteiger partial charge in [0.1, 0.15) is 6.17 Å². The lowest BCUT2D eigenvalue weighted by molar-refractivity contribution is 0.119. The van der Waals surface area contributed by atoms with Crippen molar-refractivity contribution in [3.8, 4) is 0 Å². The Balaban J connectivity index is 1.42. The van der Waals surface area contributed by atoms with Gasteiger partial charge in [-0.1, -0.05) is 85.0 Å². The minimum atomic E-state index is 0.120. The van der Waals surface area contributed by atoms with Gasteiger partial charge in [0.2, 0.25) is 0 Å². The number of aliphatic imine (C=N–C) groups is 1. The first-order valence-corrected chi connectivity index (χ1v) is 14.8. The van der Waals surface area contributed by atoms with E-state index < -0.39 is 0 Å². The van der Waals surface area contributed by atoms with Crippen LogP contribution in [0.3, 0.4) is 0 Å². The molecule has 0 aliphatic carbocycles. The smallest absolute Gasteiger partial charge is 0.107 e. The van der Waals surface area contributed by atoms with E-state index in [9.17, 15) is 0 Å². The molecular weight excluding hydrogens is 498 g/mol. The number of fused-ring (bicyclic) bond motifs is 3. The molecule has 5 nitrogen and oxygen atoms in total. The highest BCUT2D eigenvalue weighted by molar-refractivity contribution is 8.00. The predicted octanol–water partition coefficient (Wildman–Crippen LogP) is 6.03. The lowest BCUT2D eigenvalue weighted by atomic mass is 9.88. The number of benzene rings is 3. The molecule has 0 spiro atoms. The lowest BCUT2D eigenvalue weighted by Gasteiger charge is -2.53. The van der Waals surface area contributed by atoms with Crippen molar-refractivity contribution in [2.24, 2.45) is 4.99 Å². The maximum absolute atomic E-state index is 4.56. The monoisotopic (exact) mass is 535 g/mol. The van der Waals surface area contributed by atoms with Gasteiger partial charge in [0.25, 0.3) is 0 Å². The third kappa shape index (κ3) is 4.82. The van der Waals surface area contributed by atoms with E-state index in [2.05, 4.69) is 144 Å². The largest absolute Gasteiger partial charge is 0.366 e. The average Bonchev–Trinajstić information content (AvgIpc) is 3.06. The highest BCUT2D eigenvalue weighted by Crippen LogP contribution is 2.46. The van der Waals surface area contributed by atoms with Gasteiger partial charge in [0.05, 0.1) is 29.0 Å². The molecule has 6 rings (SSSR count). The molecule has 0 bridgehead atoms. The van der Waals surface area contributed by atoms with Gasteiger partial charge in [-0.05, 0) is 42.6 Å². The Morgan fingerprint density at radius 1 is 0.872 bits per heavy atom. The normalized spacial score (nSPS) is 29.2. The van der Waals surface area contributed by atoms with Crippen molar-refractivity contribution in [3.05, 3.63) is 114 Å². The number of hydrogen-bond acceptors (Lipinski definition) is 6. The van der Waals surface area contributed by atoms with Crippen LogP contribution in [0.15, 0.2) is 108 Å². The summed E-state index contributed by atoms with van der Waals surface area (Å²) < 4.78 is 0. The molecule has 5 atom stereocenters. The molecule has 200 valence electrons. The van der Waals surface area contributed by atoms with Gasteiger partial charge in [0.15, 0.2) is 0 Å². The second-order valence-corrected chi connectivity index (χ2v) is 11.7. The van der Waals surface area contributed by atoms with Crippen molar-refractivity contribution in [3.63, 3.8) is 0 Å². The number of hydrogen-bond donors (Lipinski definition) is 1. The molecule has 0 saturated carbocycles. The summed E-state index contributed by atoms with van der Waals surface area (Å²) in [6.45, 7) is 2.20. The Bertz CT molecular complexity index is 1440. The number of nitrogens with one attached hydrogen (secondary N) is 1. The van der Waals surface area contributed by atoms with Crippen LogP contribution in [0, 0.1) is 0 Å². The number of nitrogens with zero attached hydrogens (tertiary/aromatic N) is 4. The van der Waals surface area contributed by atoms with Gasteiger partial charge < -0.3 is 9.80 Å². The fraction of sp³-hybridized carbons (Fsp3) is 0.303. The topological polar surface area (TPSA) is 34.1 Å². The van der Waals surface area contributed by atoms with E-state index in [1.165, 1.54) is 33.3 Å². The number of likely N-dealkylation sites (N-methyl/N-ethyl adjacent to an activating group) is 3. The fourth-order valence-electron chi connectivity index (χ4n) is 6.39. The predicted molar refractivity (Wildman–Crippen MR) is 167 cm³/mol. The molecular formula is C33H37N5S. The van der Waals surface area contributed by atoms with Crippen molar-refractivity contribution in [2.75, 3.05) is 31.9 Å². The van der Waals surface area contributed by atoms with Gasteiger partial charge in [-0.2, -0.15) is 0 Å². The summed E-state index contributed by atoms with van der Waals surface area (Å²) >= 11 is 1.84. The zero-order chi connectivity index (χ0) is 26.9. The van der Waals surface area contributed by atoms with Crippen LogP contribution in [0.2, 0.25) is 0 Å². The van der Waals surface area contributed by atoms with Crippen molar-refractivity contribution in [1.82, 2.24) is 15.1 Å². The summed E-state index contributed by atoms with van der Waals surface area (Å²) in [6, 6.07) is 24.9. The Labute approximate surface area is 236 Å². The second kappa shape index (κ2) is 11.0. The first-order valence-electron chi connectivity index (χ1n) is 13.7. The maximum atomic E-state index is 4.56. The summed E-state index contributed by atoms with van der Waals surface area (Å²) in [5, 5.41) is 6.54. The van der Waals surface area contributed by atoms with Gasteiger partial charge in [0, 0.05) is 37.4 Å². The van der Waals surface area contributed by atoms with E-state index >= 15 is 0 Å². The van der Waals surface area contributed by atoms with E-state index in [0.717, 1.165) is 5.88 Å². The first kappa shape index (κ1) is 25.9. The van der Waals surface area contributed by atoms with Crippen LogP contribution < -0.4 is 10.2 Å². The van der Waals surface area contributed by atoms with Crippen LogP contribution in [-0.4, -0.2) is 66.7 Å². The molecule has 0 saturated heterocycles. The molecule has 3 aromatic carbocycles. The van der Waals surface area contributed by atoms with Gasteiger partial charge in [-0.15, -0.1) is 11.8 Å². The van der Waals surface area contributed by atoms with Crippen LogP contribution in [0.25, 0.3) is 10.8 Å². The van der Waals surface area contributed by atoms with Crippen LogP contribution in [0.4, 0.5) is 5.69 Å². The Kier molecular flexibility index (Phi) is 7.34. The highest BCUT2D eigenvalue weighted by atomic mass is 32.2. The molecule has 1 N–H and O–H groups in total. The Morgan fingerprint density at radius 3 is 2.51 bits per heavy atom. The molecule has 39 heavy (non-hydrogen) atoms. The Morgan fingerprint density at radius 2 is 1.67 bits per heavy atom. The lowest BCUT2D eigenvalue weighted by Crippen LogP contribution is -2.61. The van der Waals surface area contributed by atoms with Crippen LogP contribution in [0.5, 0.6) is 0 Å². The Hall–Kier alpha value is -3.32. The van der Waals surface area contributed by atoms with E-state index in [4.69, 9.17) is 0 Å². The summed E-state index contributed by atoms with van der Waals surface area (Å²) in [7, 11) is 6.80. The number of anilines is 1. The molecule has 3 aliphatic rings. The summed E-state index contributed by atoms with van der Waals surface area (Å²) in [5.41, 5.74) is 5.28. The summed E-state index contributed by atoms with van der Waals surface area (Å²) in [6.07, 6.45) is 13.1. The third-order valence-electron chi connectivity index (χ3n) is 8.24. The van der Waals surface area contributed by atoms with Crippen LogP contribution >= 0.6 is 11.8 Å². The molecule has 0 aromatic heterocycles. The summed E-state index contributed by atoms with van der Waals surface area (Å²) in [5.74, 6) is 0.729. The molecule has 3 aliphatic heterocycles. The van der Waals surface area contributed by atoms with Gasteiger partial charge in [-0.3, -0.25) is 15.2 Å². The average molecular weight is 536 g/mol. The van der Waals surface area contributed by atoms with E-state index in [1.807, 2.05) is 24.1 Å². The van der Waals surface area contributed by atoms with E-state index in [1.54, 1.807) is 0 Å². The molecule has 3 heterocycles. The number of thioether (sulfide) groups is 1. The number of allylic oxidation sites excluding steroid dienone is 3. The van der Waals surface area contributed by atoms with E-state index in [-0.39, 0.29) is 29.7 Å². The van der Waals surface area contributed by atoms with E-state index in [0.29, 0.717) is 0 Å². The molecule has 0 amide bonds. The summed E-state index contributed by atoms with van der Waals surface area (Å²) in [4.78, 5) is 12.1. The van der Waals surface area contributed by atoms with Crippen LogP contribution in [0.1, 0.15) is 24.1 Å². The molecule has 3 aromatic rings. The quantitative estimate of drug-likeness (QED) is 0.443.